The van der Waals surface area contributed by atoms with Gasteiger partial charge in [-0.1, -0.05) is 55.8 Å². The first-order valence-corrected chi connectivity index (χ1v) is 12.9. The van der Waals surface area contributed by atoms with Crippen LogP contribution < -0.4 is 5.32 Å². The Bertz CT molecular complexity index is 1390. The molecule has 1 atom stereocenters. The Morgan fingerprint density at radius 1 is 1.10 bits per heavy atom. The Kier molecular flexibility index (Phi) is 9.70. The molecule has 0 radical (unpaired) electrons. The summed E-state index contributed by atoms with van der Waals surface area (Å²) in [5, 5.41) is 15.1. The number of hydrogen-bond acceptors (Lipinski definition) is 8. The minimum absolute atomic E-state index is 0.00979. The van der Waals surface area contributed by atoms with E-state index in [0.717, 1.165) is 18.7 Å². The van der Waals surface area contributed by atoms with Crippen molar-refractivity contribution in [2.45, 2.75) is 40.2 Å². The summed E-state index contributed by atoms with van der Waals surface area (Å²) in [4.78, 5) is 39.0. The van der Waals surface area contributed by atoms with E-state index in [9.17, 15) is 19.7 Å². The monoisotopic (exact) mass is 573 g/mol. The molecule has 1 N–H and O–H groups in total. The maximum Gasteiger partial charge on any atom is 0.336 e. The molecule has 0 bridgehead atoms. The van der Waals surface area contributed by atoms with Gasteiger partial charge in [0.1, 0.15) is 0 Å². The van der Waals surface area contributed by atoms with Crippen LogP contribution in [0.1, 0.15) is 44.7 Å². The third kappa shape index (κ3) is 6.86. The van der Waals surface area contributed by atoms with Gasteiger partial charge >= 0.3 is 17.6 Å². The standard InChI is InChI=1S/C29H33ClFN3O6/c1-17-23(27(35)39-6)25(20-11-9-13-22(26(20)31)34(37)38)24(18(2)32-17)28(36)40-16-29(3,4)15-33(5)14-19-10-7-8-12-21(19)30/h7-13,25,32H,14-16H2,1-6H3. The van der Waals surface area contributed by atoms with E-state index in [1.165, 1.54) is 12.1 Å². The van der Waals surface area contributed by atoms with Gasteiger partial charge in [-0.15, -0.1) is 0 Å². The Morgan fingerprint density at radius 2 is 1.73 bits per heavy atom. The second-order valence-corrected chi connectivity index (χ2v) is 11.0. The molecule has 1 unspecified atom stereocenters. The van der Waals surface area contributed by atoms with Crippen LogP contribution in [-0.2, 0) is 25.6 Å². The number of nitrogens with one attached hydrogen (secondary N) is 1. The van der Waals surface area contributed by atoms with Gasteiger partial charge in [0.05, 0.1) is 35.7 Å². The second kappa shape index (κ2) is 12.6. The van der Waals surface area contributed by atoms with Gasteiger partial charge in [0.2, 0.25) is 5.82 Å². The van der Waals surface area contributed by atoms with Crippen LogP contribution in [-0.4, -0.2) is 49.1 Å². The van der Waals surface area contributed by atoms with E-state index in [4.69, 9.17) is 21.1 Å². The fourth-order valence-electron chi connectivity index (χ4n) is 4.95. The van der Waals surface area contributed by atoms with E-state index in [1.807, 2.05) is 45.2 Å². The molecule has 0 aliphatic carbocycles. The molecule has 0 saturated heterocycles. The first-order chi connectivity index (χ1) is 18.8. The Morgan fingerprint density at radius 3 is 2.33 bits per heavy atom. The molecule has 1 aliphatic heterocycles. The summed E-state index contributed by atoms with van der Waals surface area (Å²) in [5.74, 6) is -4.02. The van der Waals surface area contributed by atoms with Gasteiger partial charge in [0.15, 0.2) is 0 Å². The second-order valence-electron chi connectivity index (χ2n) is 10.6. The maximum absolute atomic E-state index is 15.4. The summed E-state index contributed by atoms with van der Waals surface area (Å²) in [5.41, 5.74) is 0.0759. The number of benzene rings is 2. The maximum atomic E-state index is 15.4. The normalized spacial score (nSPS) is 15.7. The Labute approximate surface area is 237 Å². The van der Waals surface area contributed by atoms with Gasteiger partial charge < -0.3 is 19.7 Å². The number of allylic oxidation sites excluding steroid dienone is 2. The van der Waals surface area contributed by atoms with Gasteiger partial charge in [-0.05, 0) is 32.5 Å². The van der Waals surface area contributed by atoms with Crippen molar-refractivity contribution in [3.63, 3.8) is 0 Å². The molecule has 11 heteroatoms. The zero-order chi connectivity index (χ0) is 29.8. The van der Waals surface area contributed by atoms with Crippen molar-refractivity contribution in [3.8, 4) is 0 Å². The molecule has 0 aromatic heterocycles. The molecule has 2 aromatic rings. The molecule has 0 fully saturated rings. The van der Waals surface area contributed by atoms with E-state index >= 15 is 4.39 Å². The van der Waals surface area contributed by atoms with Gasteiger partial charge in [-0.2, -0.15) is 4.39 Å². The minimum Gasteiger partial charge on any atom is -0.466 e. The van der Waals surface area contributed by atoms with E-state index in [1.54, 1.807) is 13.8 Å². The predicted molar refractivity (Wildman–Crippen MR) is 149 cm³/mol. The fraction of sp³-hybridized carbons (Fsp3) is 0.379. The third-order valence-corrected chi connectivity index (χ3v) is 6.96. The number of carbonyl (C=O) groups excluding carboxylic acids is 2. The summed E-state index contributed by atoms with van der Waals surface area (Å²) >= 11 is 6.29. The number of halogens is 2. The number of ether oxygens (including phenoxy) is 2. The lowest BCUT2D eigenvalue weighted by Gasteiger charge is -2.32. The zero-order valence-electron chi connectivity index (χ0n) is 23.3. The summed E-state index contributed by atoms with van der Waals surface area (Å²) in [6.45, 7) is 8.20. The van der Waals surface area contributed by atoms with Gasteiger partial charge in [0, 0.05) is 46.6 Å². The average Bonchev–Trinajstić information content (AvgIpc) is 2.87. The minimum atomic E-state index is -1.29. The number of methoxy groups -OCH3 is 1. The van der Waals surface area contributed by atoms with Crippen molar-refractivity contribution < 1.29 is 28.4 Å². The van der Waals surface area contributed by atoms with Gasteiger partial charge in [-0.25, -0.2) is 9.59 Å². The molecular weight excluding hydrogens is 541 g/mol. The van der Waals surface area contributed by atoms with E-state index < -0.39 is 39.7 Å². The number of nitro groups is 1. The van der Waals surface area contributed by atoms with Crippen molar-refractivity contribution in [3.05, 3.63) is 97.1 Å². The van der Waals surface area contributed by atoms with Crippen LogP contribution in [0.3, 0.4) is 0 Å². The van der Waals surface area contributed by atoms with E-state index in [2.05, 4.69) is 10.2 Å². The van der Waals surface area contributed by atoms with Crippen LogP contribution >= 0.6 is 11.6 Å². The lowest BCUT2D eigenvalue weighted by Crippen LogP contribution is -2.37. The number of nitrogens with zero attached hydrogens (tertiary/aromatic N) is 2. The van der Waals surface area contributed by atoms with Crippen molar-refractivity contribution >= 4 is 29.2 Å². The molecule has 214 valence electrons. The van der Waals surface area contributed by atoms with Crippen LogP contribution in [0.4, 0.5) is 10.1 Å². The third-order valence-electron chi connectivity index (χ3n) is 6.59. The summed E-state index contributed by atoms with van der Waals surface area (Å²) < 4.78 is 26.1. The van der Waals surface area contributed by atoms with Crippen LogP contribution in [0.15, 0.2) is 65.0 Å². The number of dihydropyridines is 1. The number of carbonyl (C=O) groups is 2. The largest absolute Gasteiger partial charge is 0.466 e. The Balaban J connectivity index is 1.89. The molecule has 40 heavy (non-hydrogen) atoms. The summed E-state index contributed by atoms with van der Waals surface area (Å²) in [7, 11) is 3.09. The molecule has 1 heterocycles. The summed E-state index contributed by atoms with van der Waals surface area (Å²) in [6, 6.07) is 11.2. The topological polar surface area (TPSA) is 111 Å². The average molecular weight is 574 g/mol. The lowest BCUT2D eigenvalue weighted by atomic mass is 9.80. The SMILES string of the molecule is COC(=O)C1=C(C)NC(C)=C(C(=O)OCC(C)(C)CN(C)Cc2ccccc2Cl)C1c1cccc([N+](=O)[O-])c1F. The van der Waals surface area contributed by atoms with Crippen LogP contribution in [0, 0.1) is 21.3 Å². The number of rotatable bonds is 10. The van der Waals surface area contributed by atoms with Crippen molar-refractivity contribution in [2.75, 3.05) is 27.3 Å². The highest BCUT2D eigenvalue weighted by molar-refractivity contribution is 6.31. The van der Waals surface area contributed by atoms with Crippen molar-refractivity contribution in [2.24, 2.45) is 5.41 Å². The number of hydrogen-bond donors (Lipinski definition) is 1. The highest BCUT2D eigenvalue weighted by atomic mass is 35.5. The first-order valence-electron chi connectivity index (χ1n) is 12.6. The molecule has 2 aromatic carbocycles. The predicted octanol–water partition coefficient (Wildman–Crippen LogP) is 5.50. The van der Waals surface area contributed by atoms with E-state index in [0.29, 0.717) is 29.5 Å². The molecule has 0 amide bonds. The van der Waals surface area contributed by atoms with E-state index in [-0.39, 0.29) is 23.3 Å². The number of esters is 2. The lowest BCUT2D eigenvalue weighted by molar-refractivity contribution is -0.387. The fourth-order valence-corrected chi connectivity index (χ4v) is 5.14. The summed E-state index contributed by atoms with van der Waals surface area (Å²) in [6.07, 6.45) is 0. The highest BCUT2D eigenvalue weighted by Crippen LogP contribution is 2.42. The Hall–Kier alpha value is -3.76. The molecule has 1 aliphatic rings. The van der Waals surface area contributed by atoms with Gasteiger partial charge in [-0.3, -0.25) is 10.1 Å². The molecule has 0 spiro atoms. The zero-order valence-corrected chi connectivity index (χ0v) is 24.1. The van der Waals surface area contributed by atoms with Crippen LogP contribution in [0.25, 0.3) is 0 Å². The molecule has 9 nitrogen and oxygen atoms in total. The molecule has 0 saturated carbocycles. The first kappa shape index (κ1) is 30.8. The quantitative estimate of drug-likeness (QED) is 0.225. The highest BCUT2D eigenvalue weighted by Gasteiger charge is 2.41. The molecule has 3 rings (SSSR count). The number of nitro benzene ring substituents is 1. The van der Waals surface area contributed by atoms with Gasteiger partial charge in [0.25, 0.3) is 0 Å². The van der Waals surface area contributed by atoms with Crippen molar-refractivity contribution in [1.82, 2.24) is 10.2 Å². The smallest absolute Gasteiger partial charge is 0.336 e. The van der Waals surface area contributed by atoms with Crippen molar-refractivity contribution in [1.29, 1.82) is 0 Å². The van der Waals surface area contributed by atoms with Crippen LogP contribution in [0.5, 0.6) is 0 Å². The van der Waals surface area contributed by atoms with Crippen LogP contribution in [0.2, 0.25) is 5.02 Å². The molecular formula is C29H33ClFN3O6.